The smallest absolute Gasteiger partial charge is 0.416 e. The van der Waals surface area contributed by atoms with Crippen LogP contribution in [0.3, 0.4) is 0 Å². The molecule has 0 spiro atoms. The van der Waals surface area contributed by atoms with E-state index in [1.807, 2.05) is 0 Å². The van der Waals surface area contributed by atoms with E-state index in [0.29, 0.717) is 13.0 Å². The summed E-state index contributed by atoms with van der Waals surface area (Å²) in [5.74, 6) is 0.0176. The van der Waals surface area contributed by atoms with Crippen molar-refractivity contribution in [3.8, 4) is 0 Å². The van der Waals surface area contributed by atoms with Crippen molar-refractivity contribution in [1.29, 1.82) is 0 Å². The summed E-state index contributed by atoms with van der Waals surface area (Å²) in [5, 5.41) is 3.23. The number of halogens is 3. The van der Waals surface area contributed by atoms with E-state index in [2.05, 4.69) is 10.1 Å². The summed E-state index contributed by atoms with van der Waals surface area (Å²) in [4.78, 5) is 11.3. The van der Waals surface area contributed by atoms with E-state index < -0.39 is 11.7 Å². The van der Waals surface area contributed by atoms with Crippen LogP contribution in [0.1, 0.15) is 29.9 Å². The quantitative estimate of drug-likeness (QED) is 0.872. The summed E-state index contributed by atoms with van der Waals surface area (Å²) in [5.41, 5.74) is 0.228. The van der Waals surface area contributed by atoms with E-state index in [0.717, 1.165) is 30.7 Å². The number of piperidine rings is 1. The van der Waals surface area contributed by atoms with Crippen molar-refractivity contribution in [2.75, 3.05) is 20.2 Å². The summed E-state index contributed by atoms with van der Waals surface area (Å²) in [6.07, 6.45) is -3.20. The summed E-state index contributed by atoms with van der Waals surface area (Å²) in [6, 6.07) is 5.27. The first-order valence-corrected chi connectivity index (χ1v) is 6.85. The Bertz CT molecular complexity index is 485. The van der Waals surface area contributed by atoms with Gasteiger partial charge in [0, 0.05) is 13.0 Å². The first kappa shape index (κ1) is 15.8. The van der Waals surface area contributed by atoms with Crippen molar-refractivity contribution in [2.45, 2.75) is 24.9 Å². The second kappa shape index (κ2) is 6.47. The third kappa shape index (κ3) is 4.20. The first-order valence-electron chi connectivity index (χ1n) is 6.85. The van der Waals surface area contributed by atoms with Crippen molar-refractivity contribution in [3.05, 3.63) is 35.4 Å². The molecule has 3 nitrogen and oxygen atoms in total. The van der Waals surface area contributed by atoms with E-state index in [-0.39, 0.29) is 17.8 Å². The summed E-state index contributed by atoms with van der Waals surface area (Å²) >= 11 is 0. The van der Waals surface area contributed by atoms with Gasteiger partial charge in [-0.1, -0.05) is 12.1 Å². The number of carbonyl (C=O) groups excluding carboxylic acids is 1. The maximum Gasteiger partial charge on any atom is 0.416 e. The van der Waals surface area contributed by atoms with Crippen LogP contribution < -0.4 is 5.32 Å². The molecular formula is C15H18F3NO2. The summed E-state index contributed by atoms with van der Waals surface area (Å²) in [6.45, 7) is 1.44. The summed E-state index contributed by atoms with van der Waals surface area (Å²) in [7, 11) is 1.35. The molecule has 2 rings (SSSR count). The second-order valence-electron chi connectivity index (χ2n) is 5.36. The SMILES string of the molecule is COC(=O)CC1CNCC(c2ccc(C(F)(F)F)cc2)C1. The molecule has 2 unspecified atom stereocenters. The van der Waals surface area contributed by atoms with E-state index in [1.165, 1.54) is 19.2 Å². The molecule has 1 aromatic rings. The molecule has 0 aromatic heterocycles. The maximum atomic E-state index is 12.5. The van der Waals surface area contributed by atoms with Crippen LogP contribution in [-0.2, 0) is 15.7 Å². The number of methoxy groups -OCH3 is 1. The van der Waals surface area contributed by atoms with Gasteiger partial charge in [0.2, 0.25) is 0 Å². The van der Waals surface area contributed by atoms with Crippen LogP contribution in [0, 0.1) is 5.92 Å². The number of carbonyl (C=O) groups is 1. The van der Waals surface area contributed by atoms with Crippen LogP contribution >= 0.6 is 0 Å². The number of ether oxygens (including phenoxy) is 1. The highest BCUT2D eigenvalue weighted by Crippen LogP contribution is 2.32. The Labute approximate surface area is 121 Å². The highest BCUT2D eigenvalue weighted by atomic mass is 19.4. The number of rotatable bonds is 3. The zero-order chi connectivity index (χ0) is 15.5. The molecule has 0 saturated carbocycles. The number of esters is 1. The highest BCUT2D eigenvalue weighted by Gasteiger charge is 2.31. The molecule has 1 aromatic carbocycles. The van der Waals surface area contributed by atoms with Gasteiger partial charge < -0.3 is 10.1 Å². The van der Waals surface area contributed by atoms with Crippen molar-refractivity contribution < 1.29 is 22.7 Å². The lowest BCUT2D eigenvalue weighted by molar-refractivity contribution is -0.142. The Hall–Kier alpha value is -1.56. The molecule has 0 amide bonds. The summed E-state index contributed by atoms with van der Waals surface area (Å²) < 4.78 is 42.3. The number of hydrogen-bond donors (Lipinski definition) is 1. The normalized spacial score (nSPS) is 22.9. The molecule has 6 heteroatoms. The standard InChI is InChI=1S/C15H18F3NO2/c1-21-14(20)7-10-6-12(9-19-8-10)11-2-4-13(5-3-11)15(16,17)18/h2-5,10,12,19H,6-9H2,1H3. The maximum absolute atomic E-state index is 12.5. The van der Waals surface area contributed by atoms with Gasteiger partial charge in [-0.25, -0.2) is 0 Å². The van der Waals surface area contributed by atoms with E-state index in [4.69, 9.17) is 0 Å². The molecule has 0 aliphatic carbocycles. The lowest BCUT2D eigenvalue weighted by atomic mass is 9.84. The van der Waals surface area contributed by atoms with Gasteiger partial charge in [0.25, 0.3) is 0 Å². The molecule has 0 radical (unpaired) electrons. The topological polar surface area (TPSA) is 38.3 Å². The fourth-order valence-corrected chi connectivity index (χ4v) is 2.70. The first-order chi connectivity index (χ1) is 9.90. The molecule has 1 fully saturated rings. The van der Waals surface area contributed by atoms with Crippen molar-refractivity contribution >= 4 is 5.97 Å². The van der Waals surface area contributed by atoms with Crippen molar-refractivity contribution in [1.82, 2.24) is 5.32 Å². The number of nitrogens with one attached hydrogen (secondary N) is 1. The Morgan fingerprint density at radius 3 is 2.52 bits per heavy atom. The van der Waals surface area contributed by atoms with Gasteiger partial charge in [-0.05, 0) is 42.5 Å². The van der Waals surface area contributed by atoms with Crippen LogP contribution in [0.4, 0.5) is 13.2 Å². The van der Waals surface area contributed by atoms with Crippen LogP contribution in [-0.4, -0.2) is 26.2 Å². The lowest BCUT2D eigenvalue weighted by Gasteiger charge is -2.30. The van der Waals surface area contributed by atoms with E-state index in [1.54, 1.807) is 0 Å². The fraction of sp³-hybridized carbons (Fsp3) is 0.533. The van der Waals surface area contributed by atoms with Crippen molar-refractivity contribution in [2.24, 2.45) is 5.92 Å². The molecule has 21 heavy (non-hydrogen) atoms. The zero-order valence-electron chi connectivity index (χ0n) is 11.7. The van der Waals surface area contributed by atoms with Gasteiger partial charge in [0.05, 0.1) is 12.7 Å². The molecule has 1 N–H and O–H groups in total. The van der Waals surface area contributed by atoms with E-state index >= 15 is 0 Å². The number of benzene rings is 1. The molecule has 2 atom stereocenters. The van der Waals surface area contributed by atoms with E-state index in [9.17, 15) is 18.0 Å². The van der Waals surface area contributed by atoms with Gasteiger partial charge in [0.1, 0.15) is 0 Å². The molecule has 1 saturated heterocycles. The van der Waals surface area contributed by atoms with Gasteiger partial charge in [-0.3, -0.25) is 4.79 Å². The third-order valence-corrected chi connectivity index (χ3v) is 3.83. The number of alkyl halides is 3. The fourth-order valence-electron chi connectivity index (χ4n) is 2.70. The molecule has 0 bridgehead atoms. The molecule has 116 valence electrons. The van der Waals surface area contributed by atoms with Gasteiger partial charge in [0.15, 0.2) is 0 Å². The second-order valence-corrected chi connectivity index (χ2v) is 5.36. The third-order valence-electron chi connectivity index (χ3n) is 3.83. The predicted molar refractivity (Wildman–Crippen MR) is 71.8 cm³/mol. The minimum Gasteiger partial charge on any atom is -0.469 e. The van der Waals surface area contributed by atoms with Crippen molar-refractivity contribution in [3.63, 3.8) is 0 Å². The zero-order valence-corrected chi connectivity index (χ0v) is 11.7. The Morgan fingerprint density at radius 1 is 1.29 bits per heavy atom. The largest absolute Gasteiger partial charge is 0.469 e. The van der Waals surface area contributed by atoms with Crippen LogP contribution in [0.2, 0.25) is 0 Å². The average molecular weight is 301 g/mol. The lowest BCUT2D eigenvalue weighted by Crippen LogP contribution is -2.36. The molecule has 1 aliphatic heterocycles. The van der Waals surface area contributed by atoms with Gasteiger partial charge in [-0.2, -0.15) is 13.2 Å². The van der Waals surface area contributed by atoms with Crippen LogP contribution in [0.15, 0.2) is 24.3 Å². The Morgan fingerprint density at radius 2 is 1.95 bits per heavy atom. The van der Waals surface area contributed by atoms with Gasteiger partial charge >= 0.3 is 12.1 Å². The predicted octanol–water partition coefficient (Wildman–Crippen LogP) is 2.96. The molecule has 1 heterocycles. The highest BCUT2D eigenvalue weighted by molar-refractivity contribution is 5.69. The Kier molecular flexibility index (Phi) is 4.88. The minimum absolute atomic E-state index is 0.121. The number of hydrogen-bond acceptors (Lipinski definition) is 3. The van der Waals surface area contributed by atoms with Crippen LogP contribution in [0.25, 0.3) is 0 Å². The monoisotopic (exact) mass is 301 g/mol. The van der Waals surface area contributed by atoms with Crippen LogP contribution in [0.5, 0.6) is 0 Å². The minimum atomic E-state index is -4.31. The Balaban J connectivity index is 2.02. The molecule has 1 aliphatic rings. The van der Waals surface area contributed by atoms with Gasteiger partial charge in [-0.15, -0.1) is 0 Å². The average Bonchev–Trinajstić information content (AvgIpc) is 2.46. The molecular weight excluding hydrogens is 283 g/mol.